The topological polar surface area (TPSA) is 58.6 Å². The quantitative estimate of drug-likeness (QED) is 0.737. The summed E-state index contributed by atoms with van der Waals surface area (Å²) in [6.07, 6.45) is 0.700. The van der Waals surface area contributed by atoms with Gasteiger partial charge in [0, 0.05) is 18.3 Å². The Hall–Kier alpha value is -2.60. The molecule has 2 amide bonds. The fraction of sp³-hybridized carbons (Fsp3) is 0.300. The van der Waals surface area contributed by atoms with Crippen molar-refractivity contribution < 1.29 is 18.7 Å². The molecule has 0 atom stereocenters. The lowest BCUT2D eigenvalue weighted by Crippen LogP contribution is -2.41. The molecule has 0 radical (unpaired) electrons. The van der Waals surface area contributed by atoms with Crippen molar-refractivity contribution in [3.63, 3.8) is 0 Å². The number of benzene rings is 2. The minimum absolute atomic E-state index is 0.0749. The lowest BCUT2D eigenvalue weighted by molar-refractivity contribution is -0.136. The molecule has 0 bridgehead atoms. The van der Waals surface area contributed by atoms with E-state index in [1.165, 1.54) is 23.1 Å². The van der Waals surface area contributed by atoms with E-state index >= 15 is 0 Å². The Balaban J connectivity index is 1.94. The van der Waals surface area contributed by atoms with Crippen LogP contribution in [0.5, 0.6) is 5.75 Å². The zero-order chi connectivity index (χ0) is 19.8. The summed E-state index contributed by atoms with van der Waals surface area (Å²) in [5.74, 6) is -0.889. The van der Waals surface area contributed by atoms with Gasteiger partial charge < -0.3 is 15.0 Å². The van der Waals surface area contributed by atoms with Gasteiger partial charge in [-0.1, -0.05) is 36.7 Å². The molecule has 2 rings (SSSR count). The van der Waals surface area contributed by atoms with E-state index in [1.807, 2.05) is 32.0 Å². The first-order chi connectivity index (χ1) is 12.9. The number of nitrogens with one attached hydrogen (secondary N) is 1. The maximum absolute atomic E-state index is 13.2. The monoisotopic (exact) mass is 392 g/mol. The average Bonchev–Trinajstić information content (AvgIpc) is 2.64. The molecule has 1 N–H and O–H groups in total. The molecule has 27 heavy (non-hydrogen) atoms. The van der Waals surface area contributed by atoms with E-state index in [-0.39, 0.29) is 35.7 Å². The lowest BCUT2D eigenvalue weighted by atomic mass is 10.2. The third-order valence-corrected chi connectivity index (χ3v) is 4.14. The predicted molar refractivity (Wildman–Crippen MR) is 104 cm³/mol. The highest BCUT2D eigenvalue weighted by atomic mass is 35.5. The van der Waals surface area contributed by atoms with E-state index < -0.39 is 5.82 Å². The second-order valence-corrected chi connectivity index (χ2v) is 6.45. The average molecular weight is 393 g/mol. The van der Waals surface area contributed by atoms with Crippen molar-refractivity contribution in [2.24, 2.45) is 0 Å². The molecule has 0 unspecified atom stereocenters. The number of amides is 2. The van der Waals surface area contributed by atoms with Crippen molar-refractivity contribution in [2.75, 3.05) is 25.0 Å². The van der Waals surface area contributed by atoms with Crippen molar-refractivity contribution in [3.8, 4) is 5.75 Å². The van der Waals surface area contributed by atoms with E-state index in [0.29, 0.717) is 18.7 Å². The smallest absolute Gasteiger partial charge is 0.260 e. The molecule has 0 aromatic heterocycles. The van der Waals surface area contributed by atoms with E-state index in [1.54, 1.807) is 6.07 Å². The lowest BCUT2D eigenvalue weighted by Gasteiger charge is -2.22. The summed E-state index contributed by atoms with van der Waals surface area (Å²) >= 11 is 5.70. The van der Waals surface area contributed by atoms with Crippen LogP contribution in [-0.2, 0) is 9.59 Å². The number of carbonyl (C=O) groups is 2. The number of anilines is 1. The SMILES string of the molecule is CCCN(CC(=O)Nc1ccccc1C)C(=O)COc1ccc(F)c(Cl)c1. The number of ether oxygens (including phenoxy) is 1. The Morgan fingerprint density at radius 1 is 1.22 bits per heavy atom. The number of rotatable bonds is 8. The third-order valence-electron chi connectivity index (χ3n) is 3.85. The zero-order valence-electron chi connectivity index (χ0n) is 15.3. The van der Waals surface area contributed by atoms with Crippen LogP contribution in [0.4, 0.5) is 10.1 Å². The third kappa shape index (κ3) is 6.25. The van der Waals surface area contributed by atoms with Crippen LogP contribution in [0, 0.1) is 12.7 Å². The zero-order valence-corrected chi connectivity index (χ0v) is 16.1. The molecule has 0 aliphatic heterocycles. The fourth-order valence-electron chi connectivity index (χ4n) is 2.44. The van der Waals surface area contributed by atoms with Crippen molar-refractivity contribution in [2.45, 2.75) is 20.3 Å². The summed E-state index contributed by atoms with van der Waals surface area (Å²) in [4.78, 5) is 26.2. The van der Waals surface area contributed by atoms with Crippen LogP contribution >= 0.6 is 11.6 Å². The van der Waals surface area contributed by atoms with E-state index in [4.69, 9.17) is 16.3 Å². The van der Waals surface area contributed by atoms with Gasteiger partial charge in [0.2, 0.25) is 5.91 Å². The number of nitrogens with zero attached hydrogens (tertiary/aromatic N) is 1. The van der Waals surface area contributed by atoms with Crippen LogP contribution in [0.2, 0.25) is 5.02 Å². The Morgan fingerprint density at radius 3 is 2.63 bits per heavy atom. The molecule has 2 aromatic carbocycles. The van der Waals surface area contributed by atoms with Gasteiger partial charge in [0.25, 0.3) is 5.91 Å². The minimum atomic E-state index is -0.559. The minimum Gasteiger partial charge on any atom is -0.484 e. The highest BCUT2D eigenvalue weighted by molar-refractivity contribution is 6.30. The summed E-state index contributed by atoms with van der Waals surface area (Å²) in [6, 6.07) is 11.3. The molecule has 5 nitrogen and oxygen atoms in total. The number of hydrogen-bond acceptors (Lipinski definition) is 3. The fourth-order valence-corrected chi connectivity index (χ4v) is 2.61. The normalized spacial score (nSPS) is 10.4. The van der Waals surface area contributed by atoms with Gasteiger partial charge in [-0.25, -0.2) is 4.39 Å². The van der Waals surface area contributed by atoms with Crippen LogP contribution in [0.15, 0.2) is 42.5 Å². The molecule has 0 aliphatic carbocycles. The second-order valence-electron chi connectivity index (χ2n) is 6.04. The maximum Gasteiger partial charge on any atom is 0.260 e. The molecule has 0 fully saturated rings. The molecule has 0 heterocycles. The van der Waals surface area contributed by atoms with Crippen molar-refractivity contribution in [3.05, 3.63) is 58.9 Å². The standard InChI is InChI=1S/C20H22ClFN2O3/c1-3-10-24(12-19(25)23-18-7-5-4-6-14(18)2)20(26)13-27-15-8-9-17(22)16(21)11-15/h4-9,11H,3,10,12-13H2,1-2H3,(H,23,25). The summed E-state index contributed by atoms with van der Waals surface area (Å²) < 4.78 is 18.5. The first-order valence-corrected chi connectivity index (χ1v) is 8.99. The van der Waals surface area contributed by atoms with Crippen LogP contribution in [-0.4, -0.2) is 36.4 Å². The molecule has 0 aliphatic rings. The number of aryl methyl sites for hydroxylation is 1. The molecule has 2 aromatic rings. The van der Waals surface area contributed by atoms with E-state index in [2.05, 4.69) is 5.32 Å². The molecule has 0 saturated carbocycles. The van der Waals surface area contributed by atoms with Crippen LogP contribution in [0.25, 0.3) is 0 Å². The van der Waals surface area contributed by atoms with Gasteiger partial charge in [0.15, 0.2) is 6.61 Å². The Morgan fingerprint density at radius 2 is 1.96 bits per heavy atom. The van der Waals surface area contributed by atoms with Crippen molar-refractivity contribution >= 4 is 29.1 Å². The largest absolute Gasteiger partial charge is 0.484 e. The number of halogens is 2. The van der Waals surface area contributed by atoms with Gasteiger partial charge in [-0.2, -0.15) is 0 Å². The molecular weight excluding hydrogens is 371 g/mol. The molecule has 0 saturated heterocycles. The van der Waals surface area contributed by atoms with Gasteiger partial charge in [-0.3, -0.25) is 9.59 Å². The second kappa shape index (κ2) is 9.92. The summed E-state index contributed by atoms with van der Waals surface area (Å²) in [7, 11) is 0. The van der Waals surface area contributed by atoms with Gasteiger partial charge in [0.1, 0.15) is 11.6 Å². The number of carbonyl (C=O) groups excluding carboxylic acids is 2. The number of hydrogen-bond donors (Lipinski definition) is 1. The highest BCUT2D eigenvalue weighted by Gasteiger charge is 2.18. The molecular formula is C20H22ClFN2O3. The Bertz CT molecular complexity index is 814. The molecule has 7 heteroatoms. The Kier molecular flexibility index (Phi) is 7.61. The summed E-state index contributed by atoms with van der Waals surface area (Å²) in [5.41, 5.74) is 1.65. The number of para-hydroxylation sites is 1. The van der Waals surface area contributed by atoms with Crippen molar-refractivity contribution in [1.82, 2.24) is 4.90 Å². The predicted octanol–water partition coefficient (Wildman–Crippen LogP) is 4.04. The summed E-state index contributed by atoms with van der Waals surface area (Å²) in [6.45, 7) is 3.90. The van der Waals surface area contributed by atoms with E-state index in [0.717, 1.165) is 5.56 Å². The van der Waals surface area contributed by atoms with Gasteiger partial charge in [-0.15, -0.1) is 0 Å². The van der Waals surface area contributed by atoms with Crippen LogP contribution < -0.4 is 10.1 Å². The van der Waals surface area contributed by atoms with Crippen LogP contribution in [0.3, 0.4) is 0 Å². The van der Waals surface area contributed by atoms with Gasteiger partial charge in [0.05, 0.1) is 11.6 Å². The maximum atomic E-state index is 13.2. The Labute approximate surface area is 163 Å². The first-order valence-electron chi connectivity index (χ1n) is 8.61. The van der Waals surface area contributed by atoms with Crippen LogP contribution in [0.1, 0.15) is 18.9 Å². The van der Waals surface area contributed by atoms with E-state index in [9.17, 15) is 14.0 Å². The van der Waals surface area contributed by atoms with Crippen molar-refractivity contribution in [1.29, 1.82) is 0 Å². The molecule has 0 spiro atoms. The summed E-state index contributed by atoms with van der Waals surface area (Å²) in [5, 5.41) is 2.73. The molecule has 144 valence electrons. The first kappa shape index (κ1) is 20.7. The highest BCUT2D eigenvalue weighted by Crippen LogP contribution is 2.21. The van der Waals surface area contributed by atoms with Gasteiger partial charge in [-0.05, 0) is 37.1 Å². The van der Waals surface area contributed by atoms with Gasteiger partial charge >= 0.3 is 0 Å².